The lowest BCUT2D eigenvalue weighted by molar-refractivity contribution is 0.187. The SMILES string of the molecule is CC(C)CC1(SSCCO)CCOC1. The summed E-state index contributed by atoms with van der Waals surface area (Å²) in [4.78, 5) is 0. The second kappa shape index (κ2) is 6.26. The van der Waals surface area contributed by atoms with E-state index in [-0.39, 0.29) is 6.61 Å². The zero-order valence-corrected chi connectivity index (χ0v) is 10.6. The van der Waals surface area contributed by atoms with E-state index in [1.807, 2.05) is 10.8 Å². The second-order valence-electron chi connectivity index (χ2n) is 4.21. The van der Waals surface area contributed by atoms with E-state index in [1.165, 1.54) is 6.42 Å². The fraction of sp³-hybridized carbons (Fsp3) is 1.00. The van der Waals surface area contributed by atoms with Crippen LogP contribution in [0.25, 0.3) is 0 Å². The summed E-state index contributed by atoms with van der Waals surface area (Å²) in [7, 11) is 3.69. The van der Waals surface area contributed by atoms with Crippen LogP contribution in [0.4, 0.5) is 0 Å². The first-order chi connectivity index (χ1) is 6.68. The van der Waals surface area contributed by atoms with Crippen molar-refractivity contribution in [1.29, 1.82) is 0 Å². The average molecular weight is 236 g/mol. The zero-order valence-electron chi connectivity index (χ0n) is 8.99. The van der Waals surface area contributed by atoms with Crippen molar-refractivity contribution in [3.8, 4) is 0 Å². The van der Waals surface area contributed by atoms with Crippen LogP contribution < -0.4 is 0 Å². The van der Waals surface area contributed by atoms with E-state index in [4.69, 9.17) is 9.84 Å². The third kappa shape index (κ3) is 4.01. The summed E-state index contributed by atoms with van der Waals surface area (Å²) in [6.07, 6.45) is 2.38. The molecular weight excluding hydrogens is 216 g/mol. The quantitative estimate of drug-likeness (QED) is 0.567. The zero-order chi connectivity index (χ0) is 10.4. The minimum atomic E-state index is 0.274. The van der Waals surface area contributed by atoms with Crippen LogP contribution in [-0.4, -0.2) is 35.4 Å². The fourth-order valence-corrected chi connectivity index (χ4v) is 4.73. The molecule has 0 amide bonds. The van der Waals surface area contributed by atoms with Crippen molar-refractivity contribution in [2.24, 2.45) is 5.92 Å². The molecule has 1 unspecified atom stereocenters. The Labute approximate surface area is 94.6 Å². The number of rotatable bonds is 6. The minimum Gasteiger partial charge on any atom is -0.395 e. The van der Waals surface area contributed by atoms with Gasteiger partial charge in [0.05, 0.1) is 18.0 Å². The average Bonchev–Trinajstić information content (AvgIpc) is 2.53. The molecule has 1 heterocycles. The molecule has 0 saturated carbocycles. The van der Waals surface area contributed by atoms with Crippen LogP contribution in [0.1, 0.15) is 26.7 Å². The van der Waals surface area contributed by atoms with Crippen LogP contribution in [0.15, 0.2) is 0 Å². The highest BCUT2D eigenvalue weighted by molar-refractivity contribution is 8.77. The van der Waals surface area contributed by atoms with Gasteiger partial charge in [-0.1, -0.05) is 35.4 Å². The molecule has 84 valence electrons. The van der Waals surface area contributed by atoms with Gasteiger partial charge in [-0.2, -0.15) is 0 Å². The van der Waals surface area contributed by atoms with Gasteiger partial charge in [0.1, 0.15) is 0 Å². The van der Waals surface area contributed by atoms with E-state index in [0.29, 0.717) is 4.75 Å². The van der Waals surface area contributed by atoms with Gasteiger partial charge in [0.25, 0.3) is 0 Å². The third-order valence-corrected chi connectivity index (χ3v) is 5.48. The highest BCUT2D eigenvalue weighted by Crippen LogP contribution is 2.45. The molecular formula is C10H20O2S2. The fourth-order valence-electron chi connectivity index (χ4n) is 1.80. The van der Waals surface area contributed by atoms with Crippen molar-refractivity contribution in [2.45, 2.75) is 31.4 Å². The van der Waals surface area contributed by atoms with Crippen molar-refractivity contribution < 1.29 is 9.84 Å². The number of aliphatic hydroxyl groups is 1. The van der Waals surface area contributed by atoms with Gasteiger partial charge in [0.15, 0.2) is 0 Å². The first kappa shape index (κ1) is 12.7. The number of hydrogen-bond acceptors (Lipinski definition) is 4. The molecule has 1 aliphatic rings. The van der Waals surface area contributed by atoms with Crippen LogP contribution in [-0.2, 0) is 4.74 Å². The molecule has 1 fully saturated rings. The van der Waals surface area contributed by atoms with Crippen LogP contribution in [0, 0.1) is 5.92 Å². The van der Waals surface area contributed by atoms with Crippen molar-refractivity contribution >= 4 is 21.6 Å². The molecule has 4 heteroatoms. The summed E-state index contributed by atoms with van der Waals surface area (Å²) in [5.74, 6) is 1.55. The van der Waals surface area contributed by atoms with Gasteiger partial charge >= 0.3 is 0 Å². The first-order valence-electron chi connectivity index (χ1n) is 5.18. The summed E-state index contributed by atoms with van der Waals surface area (Å²) in [6, 6.07) is 0. The Morgan fingerprint density at radius 3 is 2.79 bits per heavy atom. The van der Waals surface area contributed by atoms with Gasteiger partial charge in [-0.15, -0.1) is 0 Å². The smallest absolute Gasteiger partial charge is 0.0622 e. The Kier molecular flexibility index (Phi) is 5.67. The molecule has 1 rings (SSSR count). The number of ether oxygens (including phenoxy) is 1. The molecule has 14 heavy (non-hydrogen) atoms. The van der Waals surface area contributed by atoms with E-state index >= 15 is 0 Å². The monoisotopic (exact) mass is 236 g/mol. The molecule has 1 aliphatic heterocycles. The van der Waals surface area contributed by atoms with Gasteiger partial charge in [-0.05, 0) is 18.8 Å². The van der Waals surface area contributed by atoms with Crippen molar-refractivity contribution in [3.05, 3.63) is 0 Å². The number of aliphatic hydroxyl groups excluding tert-OH is 1. The predicted octanol–water partition coefficient (Wildman–Crippen LogP) is 2.57. The Bertz CT molecular complexity index is 156. The van der Waals surface area contributed by atoms with Gasteiger partial charge in [-0.3, -0.25) is 0 Å². The van der Waals surface area contributed by atoms with E-state index in [2.05, 4.69) is 13.8 Å². The Morgan fingerprint density at radius 1 is 1.50 bits per heavy atom. The molecule has 0 aromatic carbocycles. The normalized spacial score (nSPS) is 27.4. The van der Waals surface area contributed by atoms with Crippen molar-refractivity contribution in [3.63, 3.8) is 0 Å². The molecule has 0 bridgehead atoms. The van der Waals surface area contributed by atoms with Gasteiger partial charge in [0, 0.05) is 12.4 Å². The molecule has 1 N–H and O–H groups in total. The molecule has 0 radical (unpaired) electrons. The predicted molar refractivity (Wildman–Crippen MR) is 64.8 cm³/mol. The molecule has 1 saturated heterocycles. The molecule has 0 aliphatic carbocycles. The molecule has 0 aromatic heterocycles. The Morgan fingerprint density at radius 2 is 2.29 bits per heavy atom. The third-order valence-electron chi connectivity index (χ3n) is 2.26. The topological polar surface area (TPSA) is 29.5 Å². The van der Waals surface area contributed by atoms with Crippen LogP contribution in [0.3, 0.4) is 0 Å². The highest BCUT2D eigenvalue weighted by atomic mass is 33.1. The maximum Gasteiger partial charge on any atom is 0.0622 e. The molecule has 0 spiro atoms. The Balaban J connectivity index is 2.36. The second-order valence-corrected chi connectivity index (χ2v) is 7.10. The van der Waals surface area contributed by atoms with Crippen molar-refractivity contribution in [1.82, 2.24) is 0 Å². The van der Waals surface area contributed by atoms with E-state index in [9.17, 15) is 0 Å². The standard InChI is InChI=1S/C10H20O2S2/c1-9(2)7-10(3-5-12-8-10)14-13-6-4-11/h9,11H,3-8H2,1-2H3. The summed E-state index contributed by atoms with van der Waals surface area (Å²) in [5, 5.41) is 8.74. The Hall–Kier alpha value is 0.620. The molecule has 2 nitrogen and oxygen atoms in total. The lowest BCUT2D eigenvalue weighted by Crippen LogP contribution is -2.26. The molecule has 1 atom stereocenters. The minimum absolute atomic E-state index is 0.274. The lowest BCUT2D eigenvalue weighted by atomic mass is 9.96. The van der Waals surface area contributed by atoms with Crippen LogP contribution in [0.5, 0.6) is 0 Å². The van der Waals surface area contributed by atoms with Gasteiger partial charge in [0.2, 0.25) is 0 Å². The van der Waals surface area contributed by atoms with Crippen molar-refractivity contribution in [2.75, 3.05) is 25.6 Å². The summed E-state index contributed by atoms with van der Waals surface area (Å²) >= 11 is 0. The number of hydrogen-bond donors (Lipinski definition) is 1. The van der Waals surface area contributed by atoms with E-state index in [1.54, 1.807) is 10.8 Å². The van der Waals surface area contributed by atoms with Gasteiger partial charge in [-0.25, -0.2) is 0 Å². The van der Waals surface area contributed by atoms with Crippen LogP contribution in [0.2, 0.25) is 0 Å². The van der Waals surface area contributed by atoms with Crippen LogP contribution >= 0.6 is 21.6 Å². The summed E-state index contributed by atoms with van der Waals surface area (Å²) in [5.41, 5.74) is 0. The molecule has 0 aromatic rings. The summed E-state index contributed by atoms with van der Waals surface area (Å²) in [6.45, 7) is 6.58. The first-order valence-corrected chi connectivity index (χ1v) is 7.50. The maximum absolute atomic E-state index is 8.74. The lowest BCUT2D eigenvalue weighted by Gasteiger charge is -2.27. The highest BCUT2D eigenvalue weighted by Gasteiger charge is 2.36. The maximum atomic E-state index is 8.74. The van der Waals surface area contributed by atoms with Gasteiger partial charge < -0.3 is 9.84 Å². The summed E-state index contributed by atoms with van der Waals surface area (Å²) < 4.78 is 5.81. The van der Waals surface area contributed by atoms with E-state index in [0.717, 1.165) is 31.3 Å². The van der Waals surface area contributed by atoms with E-state index < -0.39 is 0 Å². The largest absolute Gasteiger partial charge is 0.395 e.